The fourth-order valence-corrected chi connectivity index (χ4v) is 2.98. The van der Waals surface area contributed by atoms with Gasteiger partial charge in [0, 0.05) is 35.5 Å². The van der Waals surface area contributed by atoms with E-state index in [9.17, 15) is 20.2 Å². The van der Waals surface area contributed by atoms with Gasteiger partial charge in [0.05, 0.1) is 16.6 Å². The molecule has 0 aliphatic carbocycles. The van der Waals surface area contributed by atoms with Crippen LogP contribution in [0.1, 0.15) is 12.7 Å². The number of anilines is 1. The van der Waals surface area contributed by atoms with Crippen LogP contribution in [0.5, 0.6) is 5.75 Å². The summed E-state index contributed by atoms with van der Waals surface area (Å²) < 4.78 is 11.0. The van der Waals surface area contributed by atoms with Crippen LogP contribution < -0.4 is 10.1 Å². The lowest BCUT2D eigenvalue weighted by atomic mass is 10.1. The van der Waals surface area contributed by atoms with Gasteiger partial charge in [-0.15, -0.1) is 0 Å². The molecule has 0 unspecified atom stereocenters. The third-order valence-corrected chi connectivity index (χ3v) is 4.42. The number of ether oxygens (including phenoxy) is 1. The number of nitro benzene ring substituents is 1. The van der Waals surface area contributed by atoms with E-state index in [-0.39, 0.29) is 22.0 Å². The Hall–Kier alpha value is -4.09. The van der Waals surface area contributed by atoms with E-state index < -0.39 is 10.8 Å². The van der Waals surface area contributed by atoms with E-state index in [2.05, 4.69) is 5.32 Å². The number of carbonyl (C=O) groups excluding carboxylic acids is 1. The Morgan fingerprint density at radius 1 is 1.29 bits per heavy atom. The Bertz CT molecular complexity index is 1210. The molecule has 3 aromatic rings. The van der Waals surface area contributed by atoms with Crippen LogP contribution in [0.2, 0.25) is 5.02 Å². The van der Waals surface area contributed by atoms with Crippen LogP contribution in [0.25, 0.3) is 17.4 Å². The molecule has 9 heteroatoms. The molecule has 0 radical (unpaired) electrons. The molecule has 0 atom stereocenters. The SMILES string of the molecule is CCOc1cccc(NC(=O)/C(C#N)=C\c2ccc(-c3ccc([N+](=O)[O-])cc3Cl)o2)c1. The van der Waals surface area contributed by atoms with Crippen LogP contribution in [0.15, 0.2) is 64.6 Å². The molecule has 31 heavy (non-hydrogen) atoms. The van der Waals surface area contributed by atoms with E-state index in [4.69, 9.17) is 20.8 Å². The largest absolute Gasteiger partial charge is 0.494 e. The second kappa shape index (κ2) is 9.61. The summed E-state index contributed by atoms with van der Waals surface area (Å²) in [6, 6.07) is 15.8. The quantitative estimate of drug-likeness (QED) is 0.227. The molecule has 8 nitrogen and oxygen atoms in total. The summed E-state index contributed by atoms with van der Waals surface area (Å²) in [4.78, 5) is 22.8. The van der Waals surface area contributed by atoms with Crippen molar-refractivity contribution in [1.82, 2.24) is 0 Å². The summed E-state index contributed by atoms with van der Waals surface area (Å²) in [6.45, 7) is 2.34. The molecule has 1 aromatic heterocycles. The zero-order valence-electron chi connectivity index (χ0n) is 16.3. The van der Waals surface area contributed by atoms with Gasteiger partial charge in [-0.1, -0.05) is 17.7 Å². The third kappa shape index (κ3) is 5.29. The number of hydrogen-bond acceptors (Lipinski definition) is 6. The number of nitrogens with one attached hydrogen (secondary N) is 1. The minimum absolute atomic E-state index is 0.141. The second-order valence-electron chi connectivity index (χ2n) is 6.21. The van der Waals surface area contributed by atoms with Crippen LogP contribution in [0.4, 0.5) is 11.4 Å². The summed E-state index contributed by atoms with van der Waals surface area (Å²) in [5.74, 6) is 0.577. The van der Waals surface area contributed by atoms with Crippen LogP contribution in [0.3, 0.4) is 0 Å². The predicted octanol–water partition coefficient (Wildman–Crippen LogP) is 5.45. The number of carbonyl (C=O) groups is 1. The molecule has 0 saturated heterocycles. The lowest BCUT2D eigenvalue weighted by Gasteiger charge is -2.07. The van der Waals surface area contributed by atoms with Gasteiger partial charge in [0.15, 0.2) is 0 Å². The van der Waals surface area contributed by atoms with Crippen LogP contribution in [0, 0.1) is 21.4 Å². The smallest absolute Gasteiger partial charge is 0.270 e. The van der Waals surface area contributed by atoms with Crippen molar-refractivity contribution < 1.29 is 18.9 Å². The Labute approximate surface area is 182 Å². The van der Waals surface area contributed by atoms with Crippen LogP contribution in [-0.2, 0) is 4.79 Å². The van der Waals surface area contributed by atoms with Crippen molar-refractivity contribution >= 4 is 35.0 Å². The summed E-state index contributed by atoms with van der Waals surface area (Å²) in [5.41, 5.74) is 0.618. The predicted molar refractivity (Wildman–Crippen MR) is 116 cm³/mol. The maximum atomic E-state index is 12.5. The number of non-ortho nitro benzene ring substituents is 1. The number of furan rings is 1. The number of nitriles is 1. The lowest BCUT2D eigenvalue weighted by molar-refractivity contribution is -0.384. The average Bonchev–Trinajstić information content (AvgIpc) is 3.20. The standard InChI is InChI=1S/C22H16ClN3O5/c1-2-30-17-5-3-4-15(11-17)25-22(27)14(13-24)10-18-7-9-21(31-18)19-8-6-16(26(28)29)12-20(19)23/h3-12H,2H2,1H3,(H,25,27)/b14-10-. The third-order valence-electron chi connectivity index (χ3n) is 4.11. The molecule has 1 amide bonds. The highest BCUT2D eigenvalue weighted by Gasteiger charge is 2.15. The number of halogens is 1. The summed E-state index contributed by atoms with van der Waals surface area (Å²) in [7, 11) is 0. The first-order valence-electron chi connectivity index (χ1n) is 9.11. The number of amides is 1. The zero-order chi connectivity index (χ0) is 22.4. The van der Waals surface area contributed by atoms with E-state index >= 15 is 0 Å². The van der Waals surface area contributed by atoms with Crippen LogP contribution in [-0.4, -0.2) is 17.4 Å². The summed E-state index contributed by atoms with van der Waals surface area (Å²) in [6.07, 6.45) is 1.30. The van der Waals surface area contributed by atoms with Crippen molar-refractivity contribution in [3.8, 4) is 23.1 Å². The Morgan fingerprint density at radius 2 is 2.10 bits per heavy atom. The van der Waals surface area contributed by atoms with Crippen molar-refractivity contribution in [2.75, 3.05) is 11.9 Å². The van der Waals surface area contributed by atoms with E-state index in [1.54, 1.807) is 36.4 Å². The molecule has 0 spiro atoms. The monoisotopic (exact) mass is 437 g/mol. The maximum Gasteiger partial charge on any atom is 0.270 e. The molecule has 0 aliphatic rings. The van der Waals surface area contributed by atoms with Crippen molar-refractivity contribution in [2.24, 2.45) is 0 Å². The lowest BCUT2D eigenvalue weighted by Crippen LogP contribution is -2.13. The topological polar surface area (TPSA) is 118 Å². The number of rotatable bonds is 7. The first kappa shape index (κ1) is 21.6. The highest BCUT2D eigenvalue weighted by atomic mass is 35.5. The molecule has 3 rings (SSSR count). The summed E-state index contributed by atoms with van der Waals surface area (Å²) >= 11 is 6.12. The number of nitro groups is 1. The van der Waals surface area contributed by atoms with Gasteiger partial charge in [-0.3, -0.25) is 14.9 Å². The van der Waals surface area contributed by atoms with Crippen LogP contribution >= 0.6 is 11.6 Å². The van der Waals surface area contributed by atoms with Gasteiger partial charge in [-0.2, -0.15) is 5.26 Å². The Balaban J connectivity index is 1.80. The number of hydrogen-bond donors (Lipinski definition) is 1. The highest BCUT2D eigenvalue weighted by Crippen LogP contribution is 2.32. The van der Waals surface area contributed by atoms with E-state index in [0.717, 1.165) is 0 Å². The minimum atomic E-state index is -0.609. The second-order valence-corrected chi connectivity index (χ2v) is 6.62. The number of benzene rings is 2. The van der Waals surface area contributed by atoms with E-state index in [1.165, 1.54) is 24.3 Å². The Morgan fingerprint density at radius 3 is 2.77 bits per heavy atom. The van der Waals surface area contributed by atoms with Gasteiger partial charge in [0.2, 0.25) is 0 Å². The van der Waals surface area contributed by atoms with Gasteiger partial charge in [0.25, 0.3) is 11.6 Å². The van der Waals surface area contributed by atoms with Crippen molar-refractivity contribution in [1.29, 1.82) is 5.26 Å². The van der Waals surface area contributed by atoms with E-state index in [1.807, 2.05) is 13.0 Å². The van der Waals surface area contributed by atoms with Crippen molar-refractivity contribution in [2.45, 2.75) is 6.92 Å². The Kier molecular flexibility index (Phi) is 6.70. The molecule has 0 bridgehead atoms. The molecule has 1 N–H and O–H groups in total. The molecule has 1 heterocycles. The van der Waals surface area contributed by atoms with Gasteiger partial charge in [0.1, 0.15) is 28.9 Å². The first-order valence-corrected chi connectivity index (χ1v) is 9.49. The molecular weight excluding hydrogens is 422 g/mol. The average molecular weight is 438 g/mol. The molecule has 0 fully saturated rings. The van der Waals surface area contributed by atoms with Gasteiger partial charge in [-0.25, -0.2) is 0 Å². The molecule has 0 aliphatic heterocycles. The van der Waals surface area contributed by atoms with Gasteiger partial charge in [-0.05, 0) is 37.3 Å². The molecular formula is C22H16ClN3O5. The minimum Gasteiger partial charge on any atom is -0.494 e. The summed E-state index contributed by atoms with van der Waals surface area (Å²) in [5, 5.41) is 23.0. The van der Waals surface area contributed by atoms with Gasteiger partial charge >= 0.3 is 0 Å². The molecule has 2 aromatic carbocycles. The fraction of sp³-hybridized carbons (Fsp3) is 0.0909. The first-order chi connectivity index (χ1) is 14.9. The maximum absolute atomic E-state index is 12.5. The highest BCUT2D eigenvalue weighted by molar-refractivity contribution is 6.33. The zero-order valence-corrected chi connectivity index (χ0v) is 17.1. The fourth-order valence-electron chi connectivity index (χ4n) is 2.71. The van der Waals surface area contributed by atoms with Crippen molar-refractivity contribution in [3.05, 3.63) is 81.1 Å². The van der Waals surface area contributed by atoms with Crippen molar-refractivity contribution in [3.63, 3.8) is 0 Å². The van der Waals surface area contributed by atoms with E-state index in [0.29, 0.717) is 29.4 Å². The number of nitrogens with zero attached hydrogens (tertiary/aromatic N) is 2. The van der Waals surface area contributed by atoms with Gasteiger partial charge < -0.3 is 14.5 Å². The molecule has 156 valence electrons. The normalized spacial score (nSPS) is 10.9. The molecule has 0 saturated carbocycles.